The third kappa shape index (κ3) is 2.94. The van der Waals surface area contributed by atoms with Crippen molar-refractivity contribution in [1.82, 2.24) is 19.5 Å². The maximum atomic E-state index is 5.38. The summed E-state index contributed by atoms with van der Waals surface area (Å²) in [5, 5.41) is 6.56. The number of fused-ring (bicyclic) bond motifs is 1. The minimum atomic E-state index is -0.159. The molecule has 7 heteroatoms. The number of anilines is 1. The molecule has 3 aromatic heterocycles. The van der Waals surface area contributed by atoms with Crippen LogP contribution in [0.3, 0.4) is 0 Å². The van der Waals surface area contributed by atoms with Crippen LogP contribution in [0.25, 0.3) is 10.2 Å². The zero-order chi connectivity index (χ0) is 17.2. The number of aryl methyl sites for hydroxylation is 1. The van der Waals surface area contributed by atoms with E-state index in [1.807, 2.05) is 47.5 Å². The minimum Gasteiger partial charge on any atom is -0.497 e. The summed E-state index contributed by atoms with van der Waals surface area (Å²) in [6.07, 6.45) is 5.32. The molecule has 3 heterocycles. The van der Waals surface area contributed by atoms with E-state index in [1.54, 1.807) is 31.0 Å². The second kappa shape index (κ2) is 6.52. The Morgan fingerprint density at radius 3 is 2.92 bits per heavy atom. The smallest absolute Gasteiger partial charge is 0.139 e. The molecule has 126 valence electrons. The van der Waals surface area contributed by atoms with Crippen LogP contribution in [0, 0.1) is 0 Å². The van der Waals surface area contributed by atoms with E-state index in [4.69, 9.17) is 4.74 Å². The summed E-state index contributed by atoms with van der Waals surface area (Å²) in [4.78, 5) is 14.2. The third-order valence-corrected chi connectivity index (χ3v) is 4.91. The van der Waals surface area contributed by atoms with Gasteiger partial charge in [-0.25, -0.2) is 15.0 Å². The first-order valence-corrected chi connectivity index (χ1v) is 8.70. The second-order valence-electron chi connectivity index (χ2n) is 5.61. The van der Waals surface area contributed by atoms with Crippen molar-refractivity contribution in [3.05, 3.63) is 65.8 Å². The van der Waals surface area contributed by atoms with Crippen molar-refractivity contribution in [2.45, 2.75) is 6.04 Å². The summed E-state index contributed by atoms with van der Waals surface area (Å²) >= 11 is 1.60. The van der Waals surface area contributed by atoms with Crippen molar-refractivity contribution in [1.29, 1.82) is 0 Å². The fourth-order valence-corrected chi connectivity index (χ4v) is 3.55. The number of thiophene rings is 1. The number of hydrogen-bond acceptors (Lipinski definition) is 6. The van der Waals surface area contributed by atoms with E-state index in [-0.39, 0.29) is 6.04 Å². The fourth-order valence-electron chi connectivity index (χ4n) is 2.82. The Morgan fingerprint density at radius 2 is 2.12 bits per heavy atom. The Labute approximate surface area is 149 Å². The van der Waals surface area contributed by atoms with Crippen molar-refractivity contribution < 1.29 is 4.74 Å². The zero-order valence-electron chi connectivity index (χ0n) is 13.9. The lowest BCUT2D eigenvalue weighted by Crippen LogP contribution is -2.17. The van der Waals surface area contributed by atoms with Crippen molar-refractivity contribution in [2.24, 2.45) is 7.05 Å². The van der Waals surface area contributed by atoms with Gasteiger partial charge in [0.05, 0.1) is 12.5 Å². The highest BCUT2D eigenvalue weighted by atomic mass is 32.1. The van der Waals surface area contributed by atoms with Crippen LogP contribution in [0.15, 0.2) is 54.4 Å². The van der Waals surface area contributed by atoms with Crippen LogP contribution < -0.4 is 10.1 Å². The lowest BCUT2D eigenvalue weighted by molar-refractivity contribution is 0.414. The van der Waals surface area contributed by atoms with Gasteiger partial charge in [-0.15, -0.1) is 11.3 Å². The van der Waals surface area contributed by atoms with Gasteiger partial charge in [0, 0.05) is 19.4 Å². The molecular weight excluding hydrogens is 334 g/mol. The predicted molar refractivity (Wildman–Crippen MR) is 99.1 cm³/mol. The predicted octanol–water partition coefficient (Wildman–Crippen LogP) is 3.63. The average Bonchev–Trinajstić information content (AvgIpc) is 3.29. The summed E-state index contributed by atoms with van der Waals surface area (Å²) in [6.45, 7) is 0. The van der Waals surface area contributed by atoms with Crippen LogP contribution >= 0.6 is 11.3 Å². The van der Waals surface area contributed by atoms with Crippen molar-refractivity contribution in [3.63, 3.8) is 0 Å². The molecule has 25 heavy (non-hydrogen) atoms. The van der Waals surface area contributed by atoms with Gasteiger partial charge in [0.2, 0.25) is 0 Å². The number of nitrogens with one attached hydrogen (secondary N) is 1. The molecule has 1 aromatic carbocycles. The van der Waals surface area contributed by atoms with Gasteiger partial charge in [0.25, 0.3) is 0 Å². The number of imidazole rings is 1. The molecule has 0 aliphatic carbocycles. The topological polar surface area (TPSA) is 64.9 Å². The molecule has 0 amide bonds. The fraction of sp³-hybridized carbons (Fsp3) is 0.167. The van der Waals surface area contributed by atoms with Gasteiger partial charge >= 0.3 is 0 Å². The number of rotatable bonds is 5. The Bertz CT molecular complexity index is 1010. The quantitative estimate of drug-likeness (QED) is 0.595. The van der Waals surface area contributed by atoms with Crippen LogP contribution in [0.1, 0.15) is 17.4 Å². The molecule has 1 N–H and O–H groups in total. The molecule has 0 fully saturated rings. The van der Waals surface area contributed by atoms with Gasteiger partial charge in [0.1, 0.15) is 34.6 Å². The Morgan fingerprint density at radius 1 is 1.20 bits per heavy atom. The maximum Gasteiger partial charge on any atom is 0.139 e. The number of nitrogens with zero attached hydrogens (tertiary/aromatic N) is 4. The van der Waals surface area contributed by atoms with Crippen LogP contribution in [0.4, 0.5) is 5.82 Å². The summed E-state index contributed by atoms with van der Waals surface area (Å²) in [5.74, 6) is 2.50. The largest absolute Gasteiger partial charge is 0.497 e. The molecule has 0 spiro atoms. The summed E-state index contributed by atoms with van der Waals surface area (Å²) in [7, 11) is 3.65. The van der Waals surface area contributed by atoms with E-state index >= 15 is 0 Å². The molecule has 0 bridgehead atoms. The molecule has 6 nitrogen and oxygen atoms in total. The Kier molecular flexibility index (Phi) is 4.07. The maximum absolute atomic E-state index is 5.38. The lowest BCUT2D eigenvalue weighted by atomic mass is 10.1. The lowest BCUT2D eigenvalue weighted by Gasteiger charge is -2.20. The molecule has 0 radical (unpaired) electrons. The van der Waals surface area contributed by atoms with Crippen LogP contribution in [-0.2, 0) is 7.05 Å². The third-order valence-electron chi connectivity index (χ3n) is 4.09. The SMILES string of the molecule is COc1cccc(C(Nc2ncnc3sccc23)c2nccn2C)c1. The number of hydrogen-bond donors (Lipinski definition) is 1. The standard InChI is InChI=1S/C18H17N5OS/c1-23-8-7-19-17(23)15(12-4-3-5-13(10-12)24-2)22-16-14-6-9-25-18(14)21-11-20-16/h3-11,15H,1-2H3,(H,20,21,22). The van der Waals surface area contributed by atoms with Gasteiger partial charge in [0.15, 0.2) is 0 Å². The Hall–Kier alpha value is -2.93. The van der Waals surface area contributed by atoms with Gasteiger partial charge in [-0.2, -0.15) is 0 Å². The summed E-state index contributed by atoms with van der Waals surface area (Å²) in [5.41, 5.74) is 1.05. The molecule has 0 saturated carbocycles. The monoisotopic (exact) mass is 351 g/mol. The van der Waals surface area contributed by atoms with E-state index in [0.717, 1.165) is 33.2 Å². The number of benzene rings is 1. The first-order valence-electron chi connectivity index (χ1n) is 7.82. The second-order valence-corrected chi connectivity index (χ2v) is 6.51. The van der Waals surface area contributed by atoms with Crippen LogP contribution in [-0.4, -0.2) is 26.6 Å². The zero-order valence-corrected chi connectivity index (χ0v) is 14.7. The number of methoxy groups -OCH3 is 1. The van der Waals surface area contributed by atoms with E-state index in [0.29, 0.717) is 0 Å². The van der Waals surface area contributed by atoms with E-state index in [1.165, 1.54) is 0 Å². The first-order chi connectivity index (χ1) is 12.3. The van der Waals surface area contributed by atoms with Gasteiger partial charge in [-0.05, 0) is 29.1 Å². The molecule has 4 aromatic rings. The van der Waals surface area contributed by atoms with Crippen molar-refractivity contribution in [2.75, 3.05) is 12.4 Å². The van der Waals surface area contributed by atoms with Crippen LogP contribution in [0.5, 0.6) is 5.75 Å². The highest BCUT2D eigenvalue weighted by Gasteiger charge is 2.20. The molecule has 0 saturated heterocycles. The van der Waals surface area contributed by atoms with Crippen LogP contribution in [0.2, 0.25) is 0 Å². The summed E-state index contributed by atoms with van der Waals surface area (Å²) in [6, 6.07) is 9.85. The van der Waals surface area contributed by atoms with E-state index in [9.17, 15) is 0 Å². The van der Waals surface area contributed by atoms with Crippen molar-refractivity contribution >= 4 is 27.4 Å². The van der Waals surface area contributed by atoms with Gasteiger partial charge in [-0.1, -0.05) is 12.1 Å². The highest BCUT2D eigenvalue weighted by molar-refractivity contribution is 7.16. The number of aromatic nitrogens is 4. The molecule has 0 aliphatic rings. The molecule has 0 aliphatic heterocycles. The normalized spacial score (nSPS) is 12.2. The van der Waals surface area contributed by atoms with E-state index < -0.39 is 0 Å². The average molecular weight is 351 g/mol. The molecular formula is C18H17N5OS. The Balaban J connectivity index is 1.80. The highest BCUT2D eigenvalue weighted by Crippen LogP contribution is 2.31. The van der Waals surface area contributed by atoms with E-state index in [2.05, 4.69) is 26.3 Å². The number of ether oxygens (including phenoxy) is 1. The molecule has 1 atom stereocenters. The summed E-state index contributed by atoms with van der Waals surface area (Å²) < 4.78 is 7.38. The molecule has 1 unspecified atom stereocenters. The van der Waals surface area contributed by atoms with Gasteiger partial charge in [-0.3, -0.25) is 0 Å². The van der Waals surface area contributed by atoms with Crippen molar-refractivity contribution in [3.8, 4) is 5.75 Å². The first kappa shape index (κ1) is 15.6. The minimum absolute atomic E-state index is 0.159. The molecule has 4 rings (SSSR count). The van der Waals surface area contributed by atoms with Gasteiger partial charge < -0.3 is 14.6 Å².